The van der Waals surface area contributed by atoms with Crippen molar-refractivity contribution in [2.75, 3.05) is 12.1 Å². The number of aryl methyl sites for hydroxylation is 1. The molecule has 1 aromatic heterocycles. The lowest BCUT2D eigenvalue weighted by Gasteiger charge is -2.12. The number of anilines is 1. The molecule has 8 heteroatoms. The van der Waals surface area contributed by atoms with Crippen molar-refractivity contribution in [1.82, 2.24) is 15.1 Å². The van der Waals surface area contributed by atoms with Crippen molar-refractivity contribution in [3.63, 3.8) is 0 Å². The molecule has 0 spiro atoms. The van der Waals surface area contributed by atoms with E-state index in [9.17, 15) is 9.59 Å². The van der Waals surface area contributed by atoms with Gasteiger partial charge >= 0.3 is 0 Å². The van der Waals surface area contributed by atoms with Crippen LogP contribution in [-0.4, -0.2) is 28.4 Å². The highest BCUT2D eigenvalue weighted by Crippen LogP contribution is 2.32. The van der Waals surface area contributed by atoms with E-state index in [1.807, 2.05) is 67.1 Å². The van der Waals surface area contributed by atoms with Gasteiger partial charge in [0.25, 0.3) is 5.91 Å². The zero-order valence-electron chi connectivity index (χ0n) is 20.8. The van der Waals surface area contributed by atoms with E-state index in [4.69, 9.17) is 9.47 Å². The lowest BCUT2D eigenvalue weighted by Crippen LogP contribution is -2.25. The van der Waals surface area contributed by atoms with Crippen molar-refractivity contribution in [2.24, 2.45) is 0 Å². The Hall–Kier alpha value is -4.59. The number of rotatable bonds is 8. The minimum absolute atomic E-state index is 0.165. The standard InChI is InChI=1S/C29H28N4O4/c1-19-23(20(2)33(32-19)22-8-4-3-5-9-22)13-15-28(34)31-25-11-7-6-10-24(25)29(35)30-17-21-12-14-26-27(16-21)37-18-36-26/h3-12,14,16H,13,15,17-18H2,1-2H3,(H,30,35)(H,31,34). The highest BCUT2D eigenvalue weighted by Gasteiger charge is 2.17. The normalized spacial score (nSPS) is 11.8. The largest absolute Gasteiger partial charge is 0.454 e. The van der Waals surface area contributed by atoms with Crippen LogP contribution in [0, 0.1) is 13.8 Å². The van der Waals surface area contributed by atoms with Gasteiger partial charge in [-0.25, -0.2) is 4.68 Å². The van der Waals surface area contributed by atoms with Crippen molar-refractivity contribution < 1.29 is 19.1 Å². The summed E-state index contributed by atoms with van der Waals surface area (Å²) >= 11 is 0. The third-order valence-electron chi connectivity index (χ3n) is 6.38. The number of carbonyl (C=O) groups excluding carboxylic acids is 2. The van der Waals surface area contributed by atoms with Crippen molar-refractivity contribution >= 4 is 17.5 Å². The molecule has 0 saturated carbocycles. The first-order valence-electron chi connectivity index (χ1n) is 12.2. The molecule has 1 aliphatic heterocycles. The molecule has 0 fully saturated rings. The molecule has 37 heavy (non-hydrogen) atoms. The van der Waals surface area contributed by atoms with Crippen molar-refractivity contribution in [3.8, 4) is 17.2 Å². The van der Waals surface area contributed by atoms with Crippen LogP contribution in [0.2, 0.25) is 0 Å². The molecule has 2 amide bonds. The van der Waals surface area contributed by atoms with E-state index in [1.165, 1.54) is 0 Å². The van der Waals surface area contributed by atoms with Gasteiger partial charge in [0.1, 0.15) is 0 Å². The molecule has 188 valence electrons. The number of nitrogens with zero attached hydrogens (tertiary/aromatic N) is 2. The van der Waals surface area contributed by atoms with E-state index in [0.29, 0.717) is 35.7 Å². The number of hydrogen-bond donors (Lipinski definition) is 2. The molecular formula is C29H28N4O4. The summed E-state index contributed by atoms with van der Waals surface area (Å²) in [5.41, 5.74) is 5.72. The first-order valence-corrected chi connectivity index (χ1v) is 12.2. The summed E-state index contributed by atoms with van der Waals surface area (Å²) in [5.74, 6) is 0.923. The Morgan fingerprint density at radius 2 is 1.70 bits per heavy atom. The third-order valence-corrected chi connectivity index (χ3v) is 6.38. The Morgan fingerprint density at radius 3 is 2.54 bits per heavy atom. The van der Waals surface area contributed by atoms with Crippen LogP contribution in [0.25, 0.3) is 5.69 Å². The van der Waals surface area contributed by atoms with Crippen molar-refractivity contribution in [2.45, 2.75) is 33.2 Å². The monoisotopic (exact) mass is 496 g/mol. The number of benzene rings is 3. The summed E-state index contributed by atoms with van der Waals surface area (Å²) in [6.45, 7) is 4.49. The van der Waals surface area contributed by atoms with Crippen LogP contribution in [0.15, 0.2) is 72.8 Å². The summed E-state index contributed by atoms with van der Waals surface area (Å²) in [6.07, 6.45) is 0.824. The highest BCUT2D eigenvalue weighted by atomic mass is 16.7. The molecule has 4 aromatic rings. The van der Waals surface area contributed by atoms with E-state index in [-0.39, 0.29) is 25.0 Å². The van der Waals surface area contributed by atoms with Crippen LogP contribution < -0.4 is 20.1 Å². The van der Waals surface area contributed by atoms with E-state index < -0.39 is 0 Å². The summed E-state index contributed by atoms with van der Waals surface area (Å²) < 4.78 is 12.6. The lowest BCUT2D eigenvalue weighted by atomic mass is 10.1. The van der Waals surface area contributed by atoms with Crippen LogP contribution in [-0.2, 0) is 17.8 Å². The van der Waals surface area contributed by atoms with Crippen LogP contribution >= 0.6 is 0 Å². The topological polar surface area (TPSA) is 94.5 Å². The lowest BCUT2D eigenvalue weighted by molar-refractivity contribution is -0.116. The first kappa shape index (κ1) is 24.1. The molecule has 5 rings (SSSR count). The SMILES string of the molecule is Cc1nn(-c2ccccc2)c(C)c1CCC(=O)Nc1ccccc1C(=O)NCc1ccc2c(c1)OCO2. The number of amides is 2. The molecule has 0 unspecified atom stereocenters. The maximum atomic E-state index is 12.9. The van der Waals surface area contributed by atoms with E-state index in [1.54, 1.807) is 24.3 Å². The Bertz CT molecular complexity index is 1450. The van der Waals surface area contributed by atoms with E-state index in [0.717, 1.165) is 28.2 Å². The van der Waals surface area contributed by atoms with Gasteiger partial charge in [-0.05, 0) is 67.8 Å². The number of hydrogen-bond acceptors (Lipinski definition) is 5. The van der Waals surface area contributed by atoms with Gasteiger partial charge < -0.3 is 20.1 Å². The van der Waals surface area contributed by atoms with E-state index >= 15 is 0 Å². The fourth-order valence-electron chi connectivity index (χ4n) is 4.43. The predicted octanol–water partition coefficient (Wildman–Crippen LogP) is 4.72. The van der Waals surface area contributed by atoms with Crippen LogP contribution in [0.4, 0.5) is 5.69 Å². The highest BCUT2D eigenvalue weighted by molar-refractivity contribution is 6.03. The van der Waals surface area contributed by atoms with Crippen LogP contribution in [0.5, 0.6) is 11.5 Å². The second-order valence-corrected chi connectivity index (χ2v) is 8.86. The van der Waals surface area contributed by atoms with Gasteiger partial charge in [0, 0.05) is 18.7 Å². The minimum atomic E-state index is -0.274. The molecular weight excluding hydrogens is 468 g/mol. The minimum Gasteiger partial charge on any atom is -0.454 e. The van der Waals surface area contributed by atoms with E-state index in [2.05, 4.69) is 15.7 Å². The van der Waals surface area contributed by atoms with Gasteiger partial charge in [-0.3, -0.25) is 9.59 Å². The molecule has 0 bridgehead atoms. The van der Waals surface area contributed by atoms with Crippen molar-refractivity contribution in [1.29, 1.82) is 0 Å². The average molecular weight is 497 g/mol. The molecule has 8 nitrogen and oxygen atoms in total. The van der Waals surface area contributed by atoms with Crippen LogP contribution in [0.3, 0.4) is 0 Å². The maximum Gasteiger partial charge on any atom is 0.253 e. The molecule has 0 radical (unpaired) electrons. The summed E-state index contributed by atoms with van der Waals surface area (Å²) in [4.78, 5) is 25.8. The molecule has 0 aliphatic carbocycles. The number of para-hydroxylation sites is 2. The van der Waals surface area contributed by atoms with Gasteiger partial charge in [-0.2, -0.15) is 5.10 Å². The summed E-state index contributed by atoms with van der Waals surface area (Å²) in [5, 5.41) is 10.5. The average Bonchev–Trinajstić information content (AvgIpc) is 3.50. The predicted molar refractivity (Wildman–Crippen MR) is 140 cm³/mol. The second kappa shape index (κ2) is 10.6. The number of nitrogens with one attached hydrogen (secondary N) is 2. The number of ether oxygens (including phenoxy) is 2. The Kier molecular flexibility index (Phi) is 6.89. The van der Waals surface area contributed by atoms with Gasteiger partial charge in [0.2, 0.25) is 12.7 Å². The third kappa shape index (κ3) is 5.33. The number of fused-ring (bicyclic) bond motifs is 1. The smallest absolute Gasteiger partial charge is 0.253 e. The molecule has 1 aliphatic rings. The fraction of sp³-hybridized carbons (Fsp3) is 0.207. The number of carbonyl (C=O) groups is 2. The second-order valence-electron chi connectivity index (χ2n) is 8.86. The first-order chi connectivity index (χ1) is 18.0. The molecule has 2 heterocycles. The Morgan fingerprint density at radius 1 is 0.946 bits per heavy atom. The summed E-state index contributed by atoms with van der Waals surface area (Å²) in [7, 11) is 0. The quantitative estimate of drug-likeness (QED) is 0.368. The number of aromatic nitrogens is 2. The fourth-order valence-corrected chi connectivity index (χ4v) is 4.43. The Balaban J connectivity index is 1.21. The van der Waals surface area contributed by atoms with Crippen LogP contribution in [0.1, 0.15) is 39.3 Å². The summed E-state index contributed by atoms with van der Waals surface area (Å²) in [6, 6.07) is 22.5. The van der Waals surface area contributed by atoms with Gasteiger partial charge in [-0.15, -0.1) is 0 Å². The van der Waals surface area contributed by atoms with Crippen molar-refractivity contribution in [3.05, 3.63) is 101 Å². The molecule has 2 N–H and O–H groups in total. The van der Waals surface area contributed by atoms with Gasteiger partial charge in [0.15, 0.2) is 11.5 Å². The molecule has 0 atom stereocenters. The molecule has 3 aromatic carbocycles. The Labute approximate surface area is 215 Å². The van der Waals surface area contributed by atoms with Gasteiger partial charge in [0.05, 0.1) is 22.6 Å². The molecule has 0 saturated heterocycles. The zero-order valence-corrected chi connectivity index (χ0v) is 20.8. The zero-order chi connectivity index (χ0) is 25.8. The van der Waals surface area contributed by atoms with Gasteiger partial charge in [-0.1, -0.05) is 36.4 Å². The maximum absolute atomic E-state index is 12.9.